The molecule has 2 aromatic carbocycles. The molecule has 152 valence electrons. The minimum Gasteiger partial charge on any atom is -0.361 e. The number of hydrogen-bond donors (Lipinski definition) is 3. The Balaban J connectivity index is 1.40. The maximum atomic E-state index is 10.9. The van der Waals surface area contributed by atoms with Gasteiger partial charge in [0.2, 0.25) is 0 Å². The third-order valence-electron chi connectivity index (χ3n) is 7.28. The Labute approximate surface area is 172 Å². The van der Waals surface area contributed by atoms with E-state index in [1.807, 2.05) is 12.3 Å². The molecule has 1 saturated carbocycles. The van der Waals surface area contributed by atoms with Crippen LogP contribution in [0, 0.1) is 0 Å². The number of nitrogens with one attached hydrogen (secondary N) is 2. The van der Waals surface area contributed by atoms with Gasteiger partial charge in [0, 0.05) is 34.7 Å². The van der Waals surface area contributed by atoms with Crippen molar-refractivity contribution in [3.8, 4) is 0 Å². The van der Waals surface area contributed by atoms with E-state index in [0.29, 0.717) is 0 Å². The van der Waals surface area contributed by atoms with E-state index in [1.165, 1.54) is 5.56 Å². The number of anilines is 1. The zero-order valence-electron chi connectivity index (χ0n) is 17.2. The maximum Gasteiger partial charge on any atom is 0.184 e. The minimum absolute atomic E-state index is 0.0495. The summed E-state index contributed by atoms with van der Waals surface area (Å²) >= 11 is 0. The van der Waals surface area contributed by atoms with Gasteiger partial charge in [-0.15, -0.1) is 0 Å². The molecule has 5 nitrogen and oxygen atoms in total. The topological polar surface area (TPSA) is 54.5 Å². The molecule has 3 N–H and O–H groups in total. The Morgan fingerprint density at radius 2 is 1.66 bits per heavy atom. The van der Waals surface area contributed by atoms with Gasteiger partial charge < -0.3 is 15.0 Å². The van der Waals surface area contributed by atoms with Crippen molar-refractivity contribution >= 4 is 16.6 Å². The van der Waals surface area contributed by atoms with Gasteiger partial charge >= 0.3 is 0 Å². The summed E-state index contributed by atoms with van der Waals surface area (Å²) in [6, 6.07) is 19.2. The molecule has 1 aromatic heterocycles. The van der Waals surface area contributed by atoms with Crippen LogP contribution in [-0.2, 0) is 5.54 Å². The van der Waals surface area contributed by atoms with E-state index in [9.17, 15) is 5.11 Å². The summed E-state index contributed by atoms with van der Waals surface area (Å²) in [6.45, 7) is 0.828. The van der Waals surface area contributed by atoms with E-state index >= 15 is 0 Å². The monoisotopic (exact) mass is 390 g/mol. The van der Waals surface area contributed by atoms with Crippen molar-refractivity contribution in [3.05, 3.63) is 66.4 Å². The molecule has 5 heteroatoms. The molecule has 1 unspecified atom stereocenters. The van der Waals surface area contributed by atoms with Gasteiger partial charge in [-0.05, 0) is 51.4 Å². The molecule has 2 aliphatic rings. The lowest BCUT2D eigenvalue weighted by molar-refractivity contribution is 0.0513. The van der Waals surface area contributed by atoms with E-state index in [-0.39, 0.29) is 11.1 Å². The number of hydrogen-bond acceptors (Lipinski definition) is 4. The molecule has 0 amide bonds. The van der Waals surface area contributed by atoms with E-state index < -0.39 is 6.35 Å². The lowest BCUT2D eigenvalue weighted by atomic mass is 9.69. The first-order chi connectivity index (χ1) is 14.0. The largest absolute Gasteiger partial charge is 0.361 e. The van der Waals surface area contributed by atoms with Gasteiger partial charge in [-0.1, -0.05) is 48.5 Å². The van der Waals surface area contributed by atoms with E-state index in [1.54, 1.807) is 0 Å². The van der Waals surface area contributed by atoms with E-state index in [4.69, 9.17) is 0 Å². The van der Waals surface area contributed by atoms with Crippen LogP contribution >= 0.6 is 0 Å². The van der Waals surface area contributed by atoms with Crippen molar-refractivity contribution in [3.63, 3.8) is 0 Å². The highest BCUT2D eigenvalue weighted by Gasteiger charge is 2.50. The zero-order chi connectivity index (χ0) is 20.1. The highest BCUT2D eigenvalue weighted by molar-refractivity contribution is 5.93. The average Bonchev–Trinajstić information content (AvgIpc) is 3.30. The standard InChI is InChI=1S/C24H30N4O/c1-27(2)24(18-8-4-3-5-9-18)14-12-23(13-15-24)17-28(22(29)26-23)21-16-25-20-11-7-6-10-19(20)21/h3-11,16,22,25-26,29H,12-15,17H2,1-2H3/t22?,23-,24+. The van der Waals surface area contributed by atoms with Crippen molar-refractivity contribution in [2.75, 3.05) is 25.5 Å². The van der Waals surface area contributed by atoms with Crippen LogP contribution in [0.3, 0.4) is 0 Å². The summed E-state index contributed by atoms with van der Waals surface area (Å²) in [5.41, 5.74) is 3.59. The van der Waals surface area contributed by atoms with Gasteiger partial charge in [0.05, 0.1) is 5.69 Å². The number of aliphatic hydroxyl groups is 1. The Kier molecular flexibility index (Phi) is 4.42. The van der Waals surface area contributed by atoms with Crippen molar-refractivity contribution in [1.82, 2.24) is 15.2 Å². The Hall–Kier alpha value is -2.34. The normalized spacial score (nSPS) is 29.9. The van der Waals surface area contributed by atoms with Crippen molar-refractivity contribution < 1.29 is 5.11 Å². The first-order valence-electron chi connectivity index (χ1n) is 10.5. The Morgan fingerprint density at radius 1 is 0.966 bits per heavy atom. The summed E-state index contributed by atoms with van der Waals surface area (Å²) in [7, 11) is 4.39. The molecule has 1 aliphatic carbocycles. The van der Waals surface area contributed by atoms with Crippen LogP contribution in [0.4, 0.5) is 5.69 Å². The minimum atomic E-state index is -0.655. The van der Waals surface area contributed by atoms with Crippen LogP contribution in [0.1, 0.15) is 31.2 Å². The fraction of sp³-hybridized carbons (Fsp3) is 0.417. The molecule has 5 rings (SSSR count). The molecule has 1 aliphatic heterocycles. The Morgan fingerprint density at radius 3 is 2.38 bits per heavy atom. The lowest BCUT2D eigenvalue weighted by Crippen LogP contribution is -2.54. The SMILES string of the molecule is CN(C)[C@]1(c2ccccc2)CC[C@]2(CC1)CN(c1c[nH]c3ccccc13)C(O)N2. The number of H-pyrrole nitrogens is 1. The first-order valence-corrected chi connectivity index (χ1v) is 10.5. The molecule has 29 heavy (non-hydrogen) atoms. The van der Waals surface area contributed by atoms with Gasteiger partial charge in [-0.25, -0.2) is 0 Å². The molecule has 2 fully saturated rings. The highest BCUT2D eigenvalue weighted by Crippen LogP contribution is 2.47. The second-order valence-electron chi connectivity index (χ2n) is 8.94. The van der Waals surface area contributed by atoms with Gasteiger partial charge in [-0.3, -0.25) is 10.2 Å². The van der Waals surface area contributed by atoms with Crippen molar-refractivity contribution in [1.29, 1.82) is 0 Å². The van der Waals surface area contributed by atoms with Crippen LogP contribution in [-0.4, -0.2) is 47.5 Å². The number of aliphatic hydroxyl groups excluding tert-OH is 1. The number of para-hydroxylation sites is 1. The number of aromatic nitrogens is 1. The molecule has 0 radical (unpaired) electrons. The second-order valence-corrected chi connectivity index (χ2v) is 8.94. The number of rotatable bonds is 3. The Bertz CT molecular complexity index is 988. The first kappa shape index (κ1) is 18.7. The fourth-order valence-electron chi connectivity index (χ4n) is 5.51. The number of benzene rings is 2. The molecule has 2 heterocycles. The number of fused-ring (bicyclic) bond motifs is 1. The zero-order valence-corrected chi connectivity index (χ0v) is 17.2. The third kappa shape index (κ3) is 2.96. The summed E-state index contributed by atoms with van der Waals surface area (Å²) in [6.07, 6.45) is 5.59. The van der Waals surface area contributed by atoms with Crippen molar-refractivity contribution in [2.45, 2.75) is 43.1 Å². The molecule has 1 atom stereocenters. The predicted octanol–water partition coefficient (Wildman–Crippen LogP) is 3.62. The smallest absolute Gasteiger partial charge is 0.184 e. The van der Waals surface area contributed by atoms with Crippen LogP contribution in [0.15, 0.2) is 60.8 Å². The molecule has 3 aromatic rings. The summed E-state index contributed by atoms with van der Waals surface area (Å²) in [5.74, 6) is 0. The average molecular weight is 391 g/mol. The van der Waals surface area contributed by atoms with Crippen LogP contribution in [0.2, 0.25) is 0 Å². The lowest BCUT2D eigenvalue weighted by Gasteiger charge is -2.49. The predicted molar refractivity (Wildman–Crippen MR) is 118 cm³/mol. The molecule has 1 spiro atoms. The quantitative estimate of drug-likeness (QED) is 0.639. The molecular formula is C24H30N4O. The number of aromatic amines is 1. The van der Waals surface area contributed by atoms with Gasteiger partial charge in [0.1, 0.15) is 0 Å². The van der Waals surface area contributed by atoms with Gasteiger partial charge in [-0.2, -0.15) is 0 Å². The van der Waals surface area contributed by atoms with E-state index in [2.05, 4.69) is 82.7 Å². The third-order valence-corrected chi connectivity index (χ3v) is 7.28. The highest BCUT2D eigenvalue weighted by atomic mass is 16.3. The van der Waals surface area contributed by atoms with Crippen molar-refractivity contribution in [2.24, 2.45) is 0 Å². The van der Waals surface area contributed by atoms with E-state index in [0.717, 1.165) is 48.8 Å². The van der Waals surface area contributed by atoms with Gasteiger partial charge in [0.25, 0.3) is 0 Å². The molecule has 0 bridgehead atoms. The van der Waals surface area contributed by atoms with Crippen LogP contribution in [0.25, 0.3) is 10.9 Å². The summed E-state index contributed by atoms with van der Waals surface area (Å²) < 4.78 is 0. The molecule has 1 saturated heterocycles. The number of nitrogens with zero attached hydrogens (tertiary/aromatic N) is 2. The summed E-state index contributed by atoms with van der Waals surface area (Å²) in [5, 5.41) is 15.6. The second kappa shape index (κ2) is 6.87. The van der Waals surface area contributed by atoms with Gasteiger partial charge in [0.15, 0.2) is 6.35 Å². The van der Waals surface area contributed by atoms with Crippen LogP contribution in [0.5, 0.6) is 0 Å². The molecular weight excluding hydrogens is 360 g/mol. The maximum absolute atomic E-state index is 10.9. The van der Waals surface area contributed by atoms with Crippen LogP contribution < -0.4 is 10.2 Å². The fourth-order valence-corrected chi connectivity index (χ4v) is 5.51. The summed E-state index contributed by atoms with van der Waals surface area (Å²) in [4.78, 5) is 7.84.